The number of nitrogens with zero attached hydrogens (tertiary/aromatic N) is 2. The SMILES string of the molecule is O=C1c2c(Br)c(Br)c(Br)c(Br)c2C(=O)N1c1ccc2c(c1)Cc1cc(N3C(=O)c4c(Br)c(Br)c(Br)c(Br)c4C3=O)ccc1-2. The number of carbonyl (C=O) groups excluding carboxylic acids is 4. The molecule has 0 fully saturated rings. The maximum Gasteiger partial charge on any atom is 0.267 e. The van der Waals surface area contributed by atoms with Crippen LogP contribution in [0.4, 0.5) is 11.4 Å². The minimum absolute atomic E-state index is 0.277. The third-order valence-corrected chi connectivity index (χ3v) is 17.1. The molecule has 0 spiro atoms. The van der Waals surface area contributed by atoms with Gasteiger partial charge in [0.2, 0.25) is 0 Å². The van der Waals surface area contributed by atoms with Crippen molar-refractivity contribution in [3.05, 3.63) is 106 Å². The molecule has 214 valence electrons. The highest BCUT2D eigenvalue weighted by Gasteiger charge is 2.44. The number of fused-ring (bicyclic) bond motifs is 5. The fourth-order valence-corrected chi connectivity index (χ4v) is 10.5. The molecule has 43 heavy (non-hydrogen) atoms. The maximum absolute atomic E-state index is 13.5. The van der Waals surface area contributed by atoms with Gasteiger partial charge in [0.15, 0.2) is 0 Å². The molecule has 2 aliphatic heterocycles. The van der Waals surface area contributed by atoms with Crippen molar-refractivity contribution in [3.63, 3.8) is 0 Å². The van der Waals surface area contributed by atoms with Crippen molar-refractivity contribution in [1.82, 2.24) is 0 Å². The molecule has 3 aliphatic rings. The van der Waals surface area contributed by atoms with Crippen LogP contribution in [0.1, 0.15) is 52.6 Å². The lowest BCUT2D eigenvalue weighted by Crippen LogP contribution is -2.29. The molecule has 6 nitrogen and oxygen atoms in total. The number of anilines is 2. The van der Waals surface area contributed by atoms with Gasteiger partial charge in [-0.1, -0.05) is 12.1 Å². The van der Waals surface area contributed by atoms with Gasteiger partial charge in [-0.3, -0.25) is 19.2 Å². The summed E-state index contributed by atoms with van der Waals surface area (Å²) in [5.74, 6) is -1.72. The van der Waals surface area contributed by atoms with Crippen LogP contribution < -0.4 is 9.80 Å². The van der Waals surface area contributed by atoms with Crippen LogP contribution in [-0.2, 0) is 6.42 Å². The first-order valence-electron chi connectivity index (χ1n) is 12.1. The zero-order valence-corrected chi connectivity index (χ0v) is 33.4. The zero-order valence-electron chi connectivity index (χ0n) is 20.7. The van der Waals surface area contributed by atoms with Crippen LogP contribution in [0.2, 0.25) is 0 Å². The molecule has 4 aromatic rings. The lowest BCUT2D eigenvalue weighted by atomic mass is 10.0. The number of halogens is 8. The van der Waals surface area contributed by atoms with E-state index in [4.69, 9.17) is 0 Å². The summed E-state index contributed by atoms with van der Waals surface area (Å²) in [4.78, 5) is 56.5. The van der Waals surface area contributed by atoms with E-state index in [1.807, 2.05) is 24.3 Å². The van der Waals surface area contributed by atoms with Gasteiger partial charge >= 0.3 is 0 Å². The topological polar surface area (TPSA) is 74.8 Å². The van der Waals surface area contributed by atoms with E-state index in [2.05, 4.69) is 127 Å². The van der Waals surface area contributed by atoms with E-state index in [1.54, 1.807) is 12.1 Å². The molecule has 0 unspecified atom stereocenters. The first-order valence-corrected chi connectivity index (χ1v) is 18.4. The average Bonchev–Trinajstić information content (AvgIpc) is 3.57. The van der Waals surface area contributed by atoms with Crippen molar-refractivity contribution in [2.24, 2.45) is 0 Å². The molecule has 4 aromatic carbocycles. The first-order chi connectivity index (χ1) is 20.3. The number of imide groups is 2. The van der Waals surface area contributed by atoms with Gasteiger partial charge in [-0.25, -0.2) is 9.80 Å². The summed E-state index contributed by atoms with van der Waals surface area (Å²) in [5.41, 5.74) is 5.76. The molecular formula is C29H8Br8N2O4. The van der Waals surface area contributed by atoms with E-state index in [0.29, 0.717) is 53.6 Å². The Bertz CT molecular complexity index is 1850. The van der Waals surface area contributed by atoms with Crippen molar-refractivity contribution in [2.45, 2.75) is 6.42 Å². The smallest absolute Gasteiger partial charge is 0.267 e. The Morgan fingerprint density at radius 3 is 0.977 bits per heavy atom. The Morgan fingerprint density at radius 1 is 0.419 bits per heavy atom. The Labute approximate surface area is 311 Å². The Hall–Kier alpha value is -1.00. The van der Waals surface area contributed by atoms with Crippen LogP contribution in [-0.4, -0.2) is 23.6 Å². The highest BCUT2D eigenvalue weighted by molar-refractivity contribution is 9.15. The van der Waals surface area contributed by atoms with Gasteiger partial charge in [-0.2, -0.15) is 0 Å². The molecule has 7 rings (SSSR count). The molecule has 0 aromatic heterocycles. The van der Waals surface area contributed by atoms with E-state index in [9.17, 15) is 19.2 Å². The lowest BCUT2D eigenvalue weighted by Gasteiger charge is -2.16. The predicted molar refractivity (Wildman–Crippen MR) is 191 cm³/mol. The van der Waals surface area contributed by atoms with Crippen LogP contribution in [0.15, 0.2) is 72.2 Å². The summed E-state index contributed by atoms with van der Waals surface area (Å²) in [6.07, 6.45) is 0.494. The van der Waals surface area contributed by atoms with E-state index >= 15 is 0 Å². The molecular weight excluding hydrogens is 1080 g/mol. The van der Waals surface area contributed by atoms with E-state index in [1.165, 1.54) is 9.80 Å². The third-order valence-electron chi connectivity index (χ3n) is 7.57. The van der Waals surface area contributed by atoms with Crippen LogP contribution in [0.5, 0.6) is 0 Å². The van der Waals surface area contributed by atoms with Crippen molar-refractivity contribution in [1.29, 1.82) is 0 Å². The second-order valence-corrected chi connectivity index (χ2v) is 16.1. The summed E-state index contributed by atoms with van der Waals surface area (Å²) < 4.78 is 4.47. The number of hydrogen-bond acceptors (Lipinski definition) is 4. The Morgan fingerprint density at radius 2 is 0.698 bits per heavy atom. The number of amides is 4. The van der Waals surface area contributed by atoms with Gasteiger partial charge in [-0.15, -0.1) is 0 Å². The fraction of sp³-hybridized carbons (Fsp3) is 0.0345. The van der Waals surface area contributed by atoms with Crippen LogP contribution >= 0.6 is 127 Å². The highest BCUT2D eigenvalue weighted by Crippen LogP contribution is 2.49. The number of benzene rings is 4. The molecule has 0 atom stereocenters. The predicted octanol–water partition coefficient (Wildman–Crippen LogP) is 11.0. The van der Waals surface area contributed by atoms with Crippen molar-refractivity contribution in [3.8, 4) is 11.1 Å². The lowest BCUT2D eigenvalue weighted by molar-refractivity contribution is 0.0910. The van der Waals surface area contributed by atoms with Gasteiger partial charge < -0.3 is 0 Å². The normalized spacial score (nSPS) is 15.0. The van der Waals surface area contributed by atoms with Crippen LogP contribution in [0.3, 0.4) is 0 Å². The summed E-state index contributed by atoms with van der Waals surface area (Å²) in [6.45, 7) is 0. The molecule has 1 aliphatic carbocycles. The standard InChI is InChI=1S/C29H8Br8N2O4/c30-18-14-15(19(31)23(35)22(18)34)27(41)38(26(14)40)10-1-3-12-8(6-10)5-9-7-11(2-4-13(9)12)39-28(42)16-17(29(39)43)21(33)25(37)24(36)20(16)32/h1-4,6-7H,5H2. The second kappa shape index (κ2) is 10.8. The zero-order chi connectivity index (χ0) is 30.8. The number of carbonyl (C=O) groups is 4. The summed E-state index contributed by atoms with van der Waals surface area (Å²) in [5, 5.41) is 0. The van der Waals surface area contributed by atoms with Gasteiger partial charge in [-0.05, 0) is 180 Å². The van der Waals surface area contributed by atoms with E-state index in [-0.39, 0.29) is 22.3 Å². The quantitative estimate of drug-likeness (QED) is 0.100. The second-order valence-electron chi connectivity index (χ2n) is 9.76. The monoisotopic (exact) mass is 1080 g/mol. The summed E-state index contributed by atoms with van der Waals surface area (Å²) in [6, 6.07) is 11.0. The summed E-state index contributed by atoms with van der Waals surface area (Å²) in [7, 11) is 0. The van der Waals surface area contributed by atoms with E-state index < -0.39 is 23.6 Å². The molecule has 0 bridgehead atoms. The largest absolute Gasteiger partial charge is 0.268 e. The van der Waals surface area contributed by atoms with E-state index in [0.717, 1.165) is 22.3 Å². The van der Waals surface area contributed by atoms with Gasteiger partial charge in [0.1, 0.15) is 0 Å². The molecule has 0 radical (unpaired) electrons. The molecule has 0 saturated carbocycles. The number of hydrogen-bond donors (Lipinski definition) is 0. The molecule has 0 saturated heterocycles. The molecule has 4 amide bonds. The van der Waals surface area contributed by atoms with Crippen LogP contribution in [0, 0.1) is 0 Å². The van der Waals surface area contributed by atoms with Gasteiger partial charge in [0, 0.05) is 35.8 Å². The van der Waals surface area contributed by atoms with Gasteiger partial charge in [0.05, 0.1) is 33.6 Å². The highest BCUT2D eigenvalue weighted by atomic mass is 79.9. The first kappa shape index (κ1) is 30.6. The molecule has 0 N–H and O–H groups in total. The molecule has 2 heterocycles. The average molecular weight is 1090 g/mol. The Balaban J connectivity index is 1.24. The minimum Gasteiger partial charge on any atom is -0.268 e. The van der Waals surface area contributed by atoms with Crippen molar-refractivity contribution in [2.75, 3.05) is 9.80 Å². The maximum atomic E-state index is 13.5. The Kier molecular flexibility index (Phi) is 7.68. The molecule has 14 heteroatoms. The number of rotatable bonds is 2. The van der Waals surface area contributed by atoms with Crippen molar-refractivity contribution >= 4 is 162 Å². The van der Waals surface area contributed by atoms with Gasteiger partial charge in [0.25, 0.3) is 23.6 Å². The minimum atomic E-state index is -0.431. The van der Waals surface area contributed by atoms with Crippen molar-refractivity contribution < 1.29 is 19.2 Å². The fourth-order valence-electron chi connectivity index (χ4n) is 5.63. The van der Waals surface area contributed by atoms with Crippen LogP contribution in [0.25, 0.3) is 11.1 Å². The third kappa shape index (κ3) is 4.26. The summed E-state index contributed by atoms with van der Waals surface area (Å²) >= 11 is 27.7.